The first-order chi connectivity index (χ1) is 10.2. The van der Waals surface area contributed by atoms with Crippen LogP contribution in [0.4, 0.5) is 11.6 Å². The minimum Gasteiger partial charge on any atom is -0.374 e. The molecular formula is C15H19ClN4O. The first-order valence-corrected chi connectivity index (χ1v) is 7.21. The number of rotatable bonds is 7. The molecule has 21 heavy (non-hydrogen) atoms. The molecule has 1 heterocycles. The van der Waals surface area contributed by atoms with Gasteiger partial charge in [0.2, 0.25) is 0 Å². The van der Waals surface area contributed by atoms with Gasteiger partial charge in [0.25, 0.3) is 0 Å². The minimum atomic E-state index is 0.404. The van der Waals surface area contributed by atoms with Gasteiger partial charge in [0.1, 0.15) is 18.2 Å². The predicted molar refractivity (Wildman–Crippen MR) is 85.7 cm³/mol. The Kier molecular flexibility index (Phi) is 5.78. The third-order valence-corrected chi connectivity index (χ3v) is 3.10. The van der Waals surface area contributed by atoms with Gasteiger partial charge < -0.3 is 15.4 Å². The fourth-order valence-corrected chi connectivity index (χ4v) is 1.89. The van der Waals surface area contributed by atoms with Gasteiger partial charge in [0, 0.05) is 31.3 Å². The number of nitrogens with zero attached hydrogens (tertiary/aromatic N) is 2. The van der Waals surface area contributed by atoms with Gasteiger partial charge in [-0.15, -0.1) is 0 Å². The van der Waals surface area contributed by atoms with Crippen LogP contribution < -0.4 is 10.6 Å². The molecule has 1 aromatic heterocycles. The zero-order valence-electron chi connectivity index (χ0n) is 12.2. The van der Waals surface area contributed by atoms with E-state index in [-0.39, 0.29) is 0 Å². The molecule has 0 saturated carbocycles. The second-order valence-electron chi connectivity index (χ2n) is 4.42. The standard InChI is InChI=1S/C15H19ClN4O/c1-3-21-10-15-19-13(17-2)8-14(20-15)18-9-11-4-6-12(16)7-5-11/h4-8H,3,9-10H2,1-2H3,(H2,17,18,19,20). The van der Waals surface area contributed by atoms with Crippen LogP contribution in [-0.2, 0) is 17.9 Å². The summed E-state index contributed by atoms with van der Waals surface area (Å²) in [6, 6.07) is 9.58. The molecule has 6 heteroatoms. The lowest BCUT2D eigenvalue weighted by Gasteiger charge is -2.10. The zero-order chi connectivity index (χ0) is 15.1. The van der Waals surface area contributed by atoms with Gasteiger partial charge in [0.15, 0.2) is 5.82 Å². The number of anilines is 2. The summed E-state index contributed by atoms with van der Waals surface area (Å²) in [5.41, 5.74) is 1.13. The van der Waals surface area contributed by atoms with Crippen LogP contribution in [0, 0.1) is 0 Å². The lowest BCUT2D eigenvalue weighted by Crippen LogP contribution is -2.07. The molecule has 2 rings (SSSR count). The van der Waals surface area contributed by atoms with Gasteiger partial charge >= 0.3 is 0 Å². The summed E-state index contributed by atoms with van der Waals surface area (Å²) in [4.78, 5) is 8.79. The first-order valence-electron chi connectivity index (χ1n) is 6.83. The van der Waals surface area contributed by atoms with Gasteiger partial charge in [0.05, 0.1) is 0 Å². The molecule has 0 saturated heterocycles. The summed E-state index contributed by atoms with van der Waals surface area (Å²) in [5.74, 6) is 2.18. The van der Waals surface area contributed by atoms with E-state index >= 15 is 0 Å². The zero-order valence-corrected chi connectivity index (χ0v) is 12.9. The lowest BCUT2D eigenvalue weighted by molar-refractivity contribution is 0.128. The minimum absolute atomic E-state index is 0.404. The van der Waals surface area contributed by atoms with E-state index in [4.69, 9.17) is 16.3 Å². The van der Waals surface area contributed by atoms with Crippen LogP contribution in [0.5, 0.6) is 0 Å². The van der Waals surface area contributed by atoms with Crippen molar-refractivity contribution in [2.75, 3.05) is 24.3 Å². The highest BCUT2D eigenvalue weighted by Crippen LogP contribution is 2.14. The van der Waals surface area contributed by atoms with E-state index < -0.39 is 0 Å². The Morgan fingerprint density at radius 2 is 1.86 bits per heavy atom. The fraction of sp³-hybridized carbons (Fsp3) is 0.333. The van der Waals surface area contributed by atoms with Crippen molar-refractivity contribution in [2.24, 2.45) is 0 Å². The van der Waals surface area contributed by atoms with Gasteiger partial charge in [-0.2, -0.15) is 0 Å². The Balaban J connectivity index is 2.05. The average Bonchev–Trinajstić information content (AvgIpc) is 2.52. The Morgan fingerprint density at radius 1 is 1.14 bits per heavy atom. The SMILES string of the molecule is CCOCc1nc(NC)cc(NCc2ccc(Cl)cc2)n1. The Morgan fingerprint density at radius 3 is 2.52 bits per heavy atom. The number of hydrogen-bond donors (Lipinski definition) is 2. The Bertz CT molecular complexity index is 574. The van der Waals surface area contributed by atoms with E-state index in [1.165, 1.54) is 0 Å². The smallest absolute Gasteiger partial charge is 0.158 e. The highest BCUT2D eigenvalue weighted by molar-refractivity contribution is 6.30. The maximum atomic E-state index is 5.87. The highest BCUT2D eigenvalue weighted by Gasteiger charge is 2.04. The summed E-state index contributed by atoms with van der Waals surface area (Å²) in [5, 5.41) is 7.04. The van der Waals surface area contributed by atoms with Crippen molar-refractivity contribution < 1.29 is 4.74 Å². The number of aromatic nitrogens is 2. The number of halogens is 1. The summed E-state index contributed by atoms with van der Waals surface area (Å²) in [6.07, 6.45) is 0. The Labute approximate surface area is 129 Å². The highest BCUT2D eigenvalue weighted by atomic mass is 35.5. The van der Waals surface area contributed by atoms with Gasteiger partial charge in [-0.1, -0.05) is 23.7 Å². The molecule has 0 aliphatic rings. The van der Waals surface area contributed by atoms with Crippen LogP contribution in [0.15, 0.2) is 30.3 Å². The molecule has 5 nitrogen and oxygen atoms in total. The topological polar surface area (TPSA) is 59.1 Å². The van der Waals surface area contributed by atoms with E-state index in [9.17, 15) is 0 Å². The number of ether oxygens (including phenoxy) is 1. The lowest BCUT2D eigenvalue weighted by atomic mass is 10.2. The normalized spacial score (nSPS) is 10.4. The summed E-state index contributed by atoms with van der Waals surface area (Å²) >= 11 is 5.87. The van der Waals surface area contributed by atoms with E-state index in [0.717, 1.165) is 22.2 Å². The largest absolute Gasteiger partial charge is 0.374 e. The van der Waals surface area contributed by atoms with E-state index in [0.29, 0.717) is 25.6 Å². The Hall–Kier alpha value is -1.85. The maximum Gasteiger partial charge on any atom is 0.158 e. The van der Waals surface area contributed by atoms with Crippen LogP contribution in [0.1, 0.15) is 18.3 Å². The molecule has 0 spiro atoms. The fourth-order valence-electron chi connectivity index (χ4n) is 1.77. The molecule has 0 fully saturated rings. The van der Waals surface area contributed by atoms with Crippen molar-refractivity contribution in [1.82, 2.24) is 9.97 Å². The van der Waals surface area contributed by atoms with Crippen molar-refractivity contribution in [3.8, 4) is 0 Å². The second kappa shape index (κ2) is 7.81. The predicted octanol–water partition coefficient (Wildman–Crippen LogP) is 3.32. The average molecular weight is 307 g/mol. The van der Waals surface area contributed by atoms with Crippen LogP contribution in [0.3, 0.4) is 0 Å². The van der Waals surface area contributed by atoms with Gasteiger partial charge in [-0.05, 0) is 24.6 Å². The summed E-state index contributed by atoms with van der Waals surface area (Å²) < 4.78 is 5.35. The summed E-state index contributed by atoms with van der Waals surface area (Å²) in [7, 11) is 1.83. The maximum absolute atomic E-state index is 5.87. The molecule has 0 aliphatic carbocycles. The molecule has 2 aromatic rings. The van der Waals surface area contributed by atoms with Gasteiger partial charge in [-0.3, -0.25) is 0 Å². The number of nitrogens with one attached hydrogen (secondary N) is 2. The van der Waals surface area contributed by atoms with E-state index in [2.05, 4.69) is 20.6 Å². The van der Waals surface area contributed by atoms with Crippen molar-refractivity contribution in [3.05, 3.63) is 46.7 Å². The molecule has 112 valence electrons. The van der Waals surface area contributed by atoms with Crippen molar-refractivity contribution in [2.45, 2.75) is 20.1 Å². The molecule has 0 atom stereocenters. The quantitative estimate of drug-likeness (QED) is 0.822. The summed E-state index contributed by atoms with van der Waals surface area (Å²) in [6.45, 7) is 3.66. The third-order valence-electron chi connectivity index (χ3n) is 2.85. The molecule has 0 aliphatic heterocycles. The number of benzene rings is 1. The van der Waals surface area contributed by atoms with Gasteiger partial charge in [-0.25, -0.2) is 9.97 Å². The van der Waals surface area contributed by atoms with E-state index in [1.54, 1.807) is 0 Å². The van der Waals surface area contributed by atoms with Crippen LogP contribution in [0.25, 0.3) is 0 Å². The monoisotopic (exact) mass is 306 g/mol. The second-order valence-corrected chi connectivity index (χ2v) is 4.86. The molecule has 0 radical (unpaired) electrons. The van der Waals surface area contributed by atoms with Crippen molar-refractivity contribution >= 4 is 23.2 Å². The third kappa shape index (κ3) is 4.88. The molecule has 2 N–H and O–H groups in total. The molecule has 1 aromatic carbocycles. The van der Waals surface area contributed by atoms with Crippen LogP contribution in [0.2, 0.25) is 5.02 Å². The molecule has 0 amide bonds. The molecule has 0 unspecified atom stereocenters. The van der Waals surface area contributed by atoms with E-state index in [1.807, 2.05) is 44.3 Å². The van der Waals surface area contributed by atoms with Crippen LogP contribution >= 0.6 is 11.6 Å². The van der Waals surface area contributed by atoms with Crippen molar-refractivity contribution in [3.63, 3.8) is 0 Å². The first kappa shape index (κ1) is 15.5. The number of hydrogen-bond acceptors (Lipinski definition) is 5. The molecular weight excluding hydrogens is 288 g/mol. The van der Waals surface area contributed by atoms with Crippen molar-refractivity contribution in [1.29, 1.82) is 0 Å². The molecule has 0 bridgehead atoms. The van der Waals surface area contributed by atoms with Crippen LogP contribution in [-0.4, -0.2) is 23.6 Å².